The van der Waals surface area contributed by atoms with Crippen molar-refractivity contribution in [3.05, 3.63) is 64.7 Å². The summed E-state index contributed by atoms with van der Waals surface area (Å²) in [5.74, 6) is -0.130. The molecule has 0 bridgehead atoms. The zero-order valence-electron chi connectivity index (χ0n) is 13.3. The summed E-state index contributed by atoms with van der Waals surface area (Å²) in [6.07, 6.45) is 3.05. The van der Waals surface area contributed by atoms with Gasteiger partial charge in [0.15, 0.2) is 0 Å². The molecule has 0 saturated carbocycles. The van der Waals surface area contributed by atoms with E-state index in [0.29, 0.717) is 22.0 Å². The summed E-state index contributed by atoms with van der Waals surface area (Å²) in [6.45, 7) is 0. The lowest BCUT2D eigenvalue weighted by Gasteiger charge is -2.10. The Hall–Kier alpha value is -2.79. The number of anilines is 1. The van der Waals surface area contributed by atoms with Gasteiger partial charge < -0.3 is 15.4 Å². The Balaban J connectivity index is 2.16. The molecule has 0 saturated heterocycles. The summed E-state index contributed by atoms with van der Waals surface area (Å²) in [4.78, 5) is 24.0. The van der Waals surface area contributed by atoms with E-state index in [-0.39, 0.29) is 11.8 Å². The van der Waals surface area contributed by atoms with Crippen LogP contribution in [-0.2, 0) is 4.79 Å². The van der Waals surface area contributed by atoms with E-state index in [9.17, 15) is 9.59 Å². The molecule has 24 heavy (non-hydrogen) atoms. The molecule has 124 valence electrons. The van der Waals surface area contributed by atoms with Gasteiger partial charge in [-0.15, -0.1) is 0 Å². The van der Waals surface area contributed by atoms with Gasteiger partial charge in [0, 0.05) is 18.1 Å². The molecule has 2 amide bonds. The standard InChI is InChI=1S/C18H17ClN2O3/c1-20-18(23)15-11-14(24-2)8-9-16(15)21-17(22)10-5-12-3-6-13(19)7-4-12/h3-11H,1-2H3,(H,20,23)(H,21,22). The topological polar surface area (TPSA) is 67.4 Å². The number of benzene rings is 2. The molecule has 0 aliphatic rings. The Morgan fingerprint density at radius 2 is 1.83 bits per heavy atom. The highest BCUT2D eigenvalue weighted by atomic mass is 35.5. The van der Waals surface area contributed by atoms with E-state index < -0.39 is 0 Å². The van der Waals surface area contributed by atoms with Gasteiger partial charge in [0.1, 0.15) is 5.75 Å². The molecule has 0 aromatic heterocycles. The second-order valence-corrected chi connectivity index (χ2v) is 5.30. The zero-order chi connectivity index (χ0) is 17.5. The largest absolute Gasteiger partial charge is 0.497 e. The molecule has 0 aliphatic heterocycles. The van der Waals surface area contributed by atoms with Gasteiger partial charge in [-0.2, -0.15) is 0 Å². The minimum absolute atomic E-state index is 0.314. The van der Waals surface area contributed by atoms with Crippen LogP contribution < -0.4 is 15.4 Å². The Morgan fingerprint density at radius 1 is 1.12 bits per heavy atom. The molecule has 6 heteroatoms. The van der Waals surface area contributed by atoms with E-state index in [4.69, 9.17) is 16.3 Å². The lowest BCUT2D eigenvalue weighted by molar-refractivity contribution is -0.111. The highest BCUT2D eigenvalue weighted by Crippen LogP contribution is 2.22. The molecule has 0 radical (unpaired) electrons. The summed E-state index contributed by atoms with van der Waals surface area (Å²) >= 11 is 5.82. The van der Waals surface area contributed by atoms with E-state index >= 15 is 0 Å². The molecule has 2 N–H and O–H groups in total. The van der Waals surface area contributed by atoms with Gasteiger partial charge in [0.2, 0.25) is 5.91 Å². The van der Waals surface area contributed by atoms with E-state index in [0.717, 1.165) is 5.56 Å². The molecule has 0 aliphatic carbocycles. The molecule has 5 nitrogen and oxygen atoms in total. The van der Waals surface area contributed by atoms with Gasteiger partial charge in [-0.25, -0.2) is 0 Å². The number of hydrogen-bond donors (Lipinski definition) is 2. The third-order valence-corrected chi connectivity index (χ3v) is 3.51. The maximum atomic E-state index is 12.1. The smallest absolute Gasteiger partial charge is 0.253 e. The van der Waals surface area contributed by atoms with Gasteiger partial charge in [0.05, 0.1) is 18.4 Å². The molecule has 0 fully saturated rings. The average molecular weight is 345 g/mol. The monoisotopic (exact) mass is 344 g/mol. The Kier molecular flexibility index (Phi) is 5.98. The number of ether oxygens (including phenoxy) is 1. The van der Waals surface area contributed by atoms with E-state index in [1.807, 2.05) is 0 Å². The first-order chi connectivity index (χ1) is 11.5. The SMILES string of the molecule is CNC(=O)c1cc(OC)ccc1NC(=O)C=Cc1ccc(Cl)cc1. The molecule has 0 heterocycles. The van der Waals surface area contributed by atoms with Crippen LogP contribution in [0.2, 0.25) is 5.02 Å². The Bertz CT molecular complexity index is 770. The van der Waals surface area contributed by atoms with Gasteiger partial charge in [0.25, 0.3) is 5.91 Å². The summed E-state index contributed by atoms with van der Waals surface area (Å²) in [7, 11) is 3.03. The Morgan fingerprint density at radius 3 is 2.46 bits per heavy atom. The van der Waals surface area contributed by atoms with Gasteiger partial charge in [-0.3, -0.25) is 9.59 Å². The van der Waals surface area contributed by atoms with Crippen LogP contribution in [0.1, 0.15) is 15.9 Å². The van der Waals surface area contributed by atoms with Gasteiger partial charge >= 0.3 is 0 Å². The number of carbonyl (C=O) groups is 2. The summed E-state index contributed by atoms with van der Waals surface area (Å²) < 4.78 is 5.11. The highest BCUT2D eigenvalue weighted by molar-refractivity contribution is 6.30. The van der Waals surface area contributed by atoms with Gasteiger partial charge in [-0.05, 0) is 42.0 Å². The maximum Gasteiger partial charge on any atom is 0.253 e. The van der Waals surface area contributed by atoms with E-state index in [1.165, 1.54) is 20.2 Å². The normalized spacial score (nSPS) is 10.5. The van der Waals surface area contributed by atoms with E-state index in [2.05, 4.69) is 10.6 Å². The first-order valence-corrected chi connectivity index (χ1v) is 7.56. The molecule has 2 aromatic carbocycles. The fraction of sp³-hybridized carbons (Fsp3) is 0.111. The van der Waals surface area contributed by atoms with Crippen LogP contribution in [-0.4, -0.2) is 26.0 Å². The molecule has 0 spiro atoms. The van der Waals surface area contributed by atoms with Crippen molar-refractivity contribution in [1.29, 1.82) is 0 Å². The van der Waals surface area contributed by atoms with Crippen molar-refractivity contribution >= 4 is 35.2 Å². The predicted molar refractivity (Wildman–Crippen MR) is 95.5 cm³/mol. The van der Waals surface area contributed by atoms with Crippen molar-refractivity contribution in [3.63, 3.8) is 0 Å². The number of amides is 2. The molecule has 2 rings (SSSR count). The van der Waals surface area contributed by atoms with E-state index in [1.54, 1.807) is 48.5 Å². The summed E-state index contributed by atoms with van der Waals surface area (Å²) in [6, 6.07) is 11.9. The van der Waals surface area contributed by atoms with Gasteiger partial charge in [-0.1, -0.05) is 23.7 Å². The minimum Gasteiger partial charge on any atom is -0.497 e. The lowest BCUT2D eigenvalue weighted by atomic mass is 10.1. The number of methoxy groups -OCH3 is 1. The summed E-state index contributed by atoms with van der Waals surface area (Å²) in [5, 5.41) is 5.85. The third-order valence-electron chi connectivity index (χ3n) is 3.25. The van der Waals surface area contributed by atoms with Crippen molar-refractivity contribution in [2.24, 2.45) is 0 Å². The molecular formula is C18H17ClN2O3. The van der Waals surface area contributed by atoms with Crippen LogP contribution in [0.3, 0.4) is 0 Å². The van der Waals surface area contributed by atoms with Crippen LogP contribution in [0.4, 0.5) is 5.69 Å². The fourth-order valence-corrected chi connectivity index (χ4v) is 2.13. The van der Waals surface area contributed by atoms with Crippen molar-refractivity contribution in [1.82, 2.24) is 5.32 Å². The van der Waals surface area contributed by atoms with Crippen LogP contribution in [0.15, 0.2) is 48.5 Å². The third kappa shape index (κ3) is 4.60. The van der Waals surface area contributed by atoms with Crippen molar-refractivity contribution in [3.8, 4) is 5.75 Å². The maximum absolute atomic E-state index is 12.1. The first kappa shape index (κ1) is 17.6. The van der Waals surface area contributed by atoms with Crippen LogP contribution in [0.5, 0.6) is 5.75 Å². The number of nitrogens with one attached hydrogen (secondary N) is 2. The molecule has 0 atom stereocenters. The minimum atomic E-state index is -0.347. The number of halogens is 1. The van der Waals surface area contributed by atoms with Crippen molar-refractivity contribution in [2.75, 3.05) is 19.5 Å². The van der Waals surface area contributed by atoms with Crippen LogP contribution in [0, 0.1) is 0 Å². The quantitative estimate of drug-likeness (QED) is 0.817. The molecular weight excluding hydrogens is 328 g/mol. The second kappa shape index (κ2) is 8.17. The molecule has 0 unspecified atom stereocenters. The fourth-order valence-electron chi connectivity index (χ4n) is 2.00. The second-order valence-electron chi connectivity index (χ2n) is 4.86. The number of carbonyl (C=O) groups excluding carboxylic acids is 2. The van der Waals surface area contributed by atoms with Crippen LogP contribution in [0.25, 0.3) is 6.08 Å². The highest BCUT2D eigenvalue weighted by Gasteiger charge is 2.12. The lowest BCUT2D eigenvalue weighted by Crippen LogP contribution is -2.21. The Labute approximate surface area is 145 Å². The zero-order valence-corrected chi connectivity index (χ0v) is 14.1. The average Bonchev–Trinajstić information content (AvgIpc) is 2.61. The van der Waals surface area contributed by atoms with Crippen LogP contribution >= 0.6 is 11.6 Å². The van der Waals surface area contributed by atoms with Crippen molar-refractivity contribution < 1.29 is 14.3 Å². The summed E-state index contributed by atoms with van der Waals surface area (Å²) in [5.41, 5.74) is 1.57. The molecule has 2 aromatic rings. The first-order valence-electron chi connectivity index (χ1n) is 7.18. The number of rotatable bonds is 5. The number of hydrogen-bond acceptors (Lipinski definition) is 3. The van der Waals surface area contributed by atoms with Crippen molar-refractivity contribution in [2.45, 2.75) is 0 Å². The predicted octanol–water partition coefficient (Wildman–Crippen LogP) is 3.36.